The first-order chi connectivity index (χ1) is 18.1. The lowest BCUT2D eigenvalue weighted by Crippen LogP contribution is -2.37. The second-order valence-corrected chi connectivity index (χ2v) is 12.8. The van der Waals surface area contributed by atoms with Crippen molar-refractivity contribution in [3.63, 3.8) is 0 Å². The van der Waals surface area contributed by atoms with Gasteiger partial charge < -0.3 is 9.47 Å². The van der Waals surface area contributed by atoms with E-state index in [1.807, 2.05) is 0 Å². The Hall–Kier alpha value is -0.640. The number of alkyl halides is 1. The van der Waals surface area contributed by atoms with Crippen LogP contribution in [0.1, 0.15) is 155 Å². The summed E-state index contributed by atoms with van der Waals surface area (Å²) in [5.41, 5.74) is 0. The zero-order chi connectivity index (χ0) is 26.3. The van der Waals surface area contributed by atoms with Gasteiger partial charge >= 0.3 is 5.97 Å². The van der Waals surface area contributed by atoms with Crippen molar-refractivity contribution in [3.05, 3.63) is 0 Å². The van der Waals surface area contributed by atoms with Crippen molar-refractivity contribution in [2.75, 3.05) is 6.61 Å². The summed E-state index contributed by atoms with van der Waals surface area (Å²) in [4.78, 5) is 12.9. The molecule has 0 aliphatic heterocycles. The fourth-order valence-electron chi connectivity index (χ4n) is 7.35. The van der Waals surface area contributed by atoms with Crippen LogP contribution in [0.15, 0.2) is 0 Å². The lowest BCUT2D eigenvalue weighted by Gasteiger charge is -2.38. The van der Waals surface area contributed by atoms with Gasteiger partial charge in [0.2, 0.25) is 0 Å². The van der Waals surface area contributed by atoms with Gasteiger partial charge in [0.25, 0.3) is 0 Å². The Labute approximate surface area is 228 Å². The minimum atomic E-state index is -0.969. The molecule has 3 aliphatic carbocycles. The zero-order valence-corrected chi connectivity index (χ0v) is 24.4. The Morgan fingerprint density at radius 1 is 0.703 bits per heavy atom. The maximum atomic E-state index is 14.9. The summed E-state index contributed by atoms with van der Waals surface area (Å²) in [5.74, 6) is 1.91. The van der Waals surface area contributed by atoms with E-state index in [-0.39, 0.29) is 11.9 Å². The molecular weight excluding hydrogens is 463 g/mol. The van der Waals surface area contributed by atoms with E-state index in [0.29, 0.717) is 24.9 Å². The number of esters is 1. The number of halogens is 1. The Morgan fingerprint density at radius 2 is 1.30 bits per heavy atom. The molecule has 3 unspecified atom stereocenters. The Bertz CT molecular complexity index is 594. The average Bonchev–Trinajstić information content (AvgIpc) is 2.92. The largest absolute Gasteiger partial charge is 0.459 e. The second-order valence-electron chi connectivity index (χ2n) is 12.8. The molecule has 0 saturated heterocycles. The van der Waals surface area contributed by atoms with Crippen LogP contribution in [-0.4, -0.2) is 31.0 Å². The predicted molar refractivity (Wildman–Crippen MR) is 151 cm³/mol. The monoisotopic (exact) mass is 522 g/mol. The van der Waals surface area contributed by atoms with E-state index in [9.17, 15) is 9.18 Å². The molecule has 0 aromatic heterocycles. The number of carbonyl (C=O) groups is 1. The smallest absolute Gasteiger partial charge is 0.309 e. The minimum Gasteiger partial charge on any atom is -0.459 e. The van der Waals surface area contributed by atoms with Gasteiger partial charge in [-0.1, -0.05) is 78.1 Å². The third-order valence-corrected chi connectivity index (χ3v) is 9.90. The maximum Gasteiger partial charge on any atom is 0.309 e. The number of carbonyl (C=O) groups excluding carboxylic acids is 1. The molecule has 3 saturated carbocycles. The van der Waals surface area contributed by atoms with Gasteiger partial charge in [-0.25, -0.2) is 4.39 Å². The van der Waals surface area contributed by atoms with Crippen LogP contribution in [0.5, 0.6) is 0 Å². The lowest BCUT2D eigenvalue weighted by atomic mass is 9.70. The molecule has 0 aromatic rings. The van der Waals surface area contributed by atoms with E-state index in [1.54, 1.807) is 0 Å². The van der Waals surface area contributed by atoms with Crippen LogP contribution in [0.25, 0.3) is 0 Å². The third-order valence-electron chi connectivity index (χ3n) is 9.90. The summed E-state index contributed by atoms with van der Waals surface area (Å²) < 4.78 is 26.8. The molecule has 4 heteroatoms. The van der Waals surface area contributed by atoms with Crippen molar-refractivity contribution < 1.29 is 18.7 Å². The zero-order valence-electron chi connectivity index (χ0n) is 24.4. The van der Waals surface area contributed by atoms with E-state index in [4.69, 9.17) is 9.47 Å². The van der Waals surface area contributed by atoms with E-state index < -0.39 is 12.3 Å². The van der Waals surface area contributed by atoms with Gasteiger partial charge in [-0.3, -0.25) is 4.79 Å². The number of unbranched alkanes of at least 4 members (excludes halogenated alkanes) is 8. The molecule has 0 amide bonds. The highest BCUT2D eigenvalue weighted by Crippen LogP contribution is 2.41. The predicted octanol–water partition coefficient (Wildman–Crippen LogP) is 9.75. The standard InChI is InChI=1S/C33H59FO3/c1-3-5-7-9-11-13-26-14-23-32(31(34)25-26)37-33(35)29-17-15-27(16-18-29)28-19-21-30(22-20-28)36-24-12-10-8-6-4-2/h26-32H,3-25H2,1-2H3. The van der Waals surface area contributed by atoms with Crippen LogP contribution in [0.3, 0.4) is 0 Å². The van der Waals surface area contributed by atoms with Crippen molar-refractivity contribution in [2.24, 2.45) is 23.7 Å². The SMILES string of the molecule is CCCCCCCOC1CCC(C2CCC(C(=O)OC3CCC(CCCCCCC)CC3F)CC2)CC1. The number of hydrogen-bond acceptors (Lipinski definition) is 3. The van der Waals surface area contributed by atoms with Gasteiger partial charge in [-0.2, -0.15) is 0 Å². The van der Waals surface area contributed by atoms with Gasteiger partial charge in [0.15, 0.2) is 0 Å². The summed E-state index contributed by atoms with van der Waals surface area (Å²) in [6.07, 6.45) is 24.5. The molecule has 0 bridgehead atoms. The molecule has 216 valence electrons. The fraction of sp³-hybridized carbons (Fsp3) is 0.970. The van der Waals surface area contributed by atoms with Gasteiger partial charge in [0.1, 0.15) is 12.3 Å². The highest BCUT2D eigenvalue weighted by molar-refractivity contribution is 5.72. The molecule has 0 spiro atoms. The van der Waals surface area contributed by atoms with Gasteiger partial charge in [0.05, 0.1) is 12.0 Å². The van der Waals surface area contributed by atoms with E-state index in [1.165, 1.54) is 89.9 Å². The Kier molecular flexibility index (Phi) is 14.9. The van der Waals surface area contributed by atoms with Crippen molar-refractivity contribution >= 4 is 5.97 Å². The van der Waals surface area contributed by atoms with E-state index >= 15 is 0 Å². The second kappa shape index (κ2) is 17.9. The molecule has 0 radical (unpaired) electrons. The molecule has 3 aliphatic rings. The van der Waals surface area contributed by atoms with E-state index in [0.717, 1.165) is 57.0 Å². The van der Waals surface area contributed by atoms with Crippen LogP contribution < -0.4 is 0 Å². The highest BCUT2D eigenvalue weighted by Gasteiger charge is 2.37. The van der Waals surface area contributed by atoms with Gasteiger partial charge in [0, 0.05) is 6.61 Å². The maximum absolute atomic E-state index is 14.9. The first-order valence-corrected chi connectivity index (χ1v) is 16.6. The third kappa shape index (κ3) is 11.2. The average molecular weight is 523 g/mol. The summed E-state index contributed by atoms with van der Waals surface area (Å²) in [6, 6.07) is 0. The van der Waals surface area contributed by atoms with E-state index in [2.05, 4.69) is 13.8 Å². The van der Waals surface area contributed by atoms with Crippen molar-refractivity contribution in [3.8, 4) is 0 Å². The molecular formula is C33H59FO3. The first-order valence-electron chi connectivity index (χ1n) is 16.6. The Morgan fingerprint density at radius 3 is 1.92 bits per heavy atom. The molecule has 37 heavy (non-hydrogen) atoms. The van der Waals surface area contributed by atoms with Gasteiger partial charge in [-0.15, -0.1) is 0 Å². The first kappa shape index (κ1) is 30.9. The molecule has 3 rings (SSSR count). The number of hydrogen-bond donors (Lipinski definition) is 0. The topological polar surface area (TPSA) is 35.5 Å². The fourth-order valence-corrected chi connectivity index (χ4v) is 7.35. The van der Waals surface area contributed by atoms with Crippen LogP contribution >= 0.6 is 0 Å². The number of ether oxygens (including phenoxy) is 2. The van der Waals surface area contributed by atoms with Gasteiger partial charge in [-0.05, 0) is 94.8 Å². The molecule has 3 nitrogen and oxygen atoms in total. The summed E-state index contributed by atoms with van der Waals surface area (Å²) in [5, 5.41) is 0. The highest BCUT2D eigenvalue weighted by atomic mass is 19.1. The molecule has 3 atom stereocenters. The van der Waals surface area contributed by atoms with Crippen molar-refractivity contribution in [1.29, 1.82) is 0 Å². The Balaban J connectivity index is 1.25. The van der Waals surface area contributed by atoms with Crippen molar-refractivity contribution in [1.82, 2.24) is 0 Å². The molecule has 0 heterocycles. The van der Waals surface area contributed by atoms with Crippen LogP contribution in [-0.2, 0) is 14.3 Å². The normalized spacial score (nSPS) is 32.8. The molecule has 3 fully saturated rings. The van der Waals surface area contributed by atoms with Crippen LogP contribution in [0.2, 0.25) is 0 Å². The lowest BCUT2D eigenvalue weighted by molar-refractivity contribution is -0.162. The minimum absolute atomic E-state index is 0.00730. The van der Waals surface area contributed by atoms with Crippen LogP contribution in [0.4, 0.5) is 4.39 Å². The quantitative estimate of drug-likeness (QED) is 0.149. The summed E-state index contributed by atoms with van der Waals surface area (Å²) in [6.45, 7) is 5.43. The molecule has 0 aromatic carbocycles. The molecule has 0 N–H and O–H groups in total. The summed E-state index contributed by atoms with van der Waals surface area (Å²) in [7, 11) is 0. The summed E-state index contributed by atoms with van der Waals surface area (Å²) >= 11 is 0. The van der Waals surface area contributed by atoms with Crippen molar-refractivity contribution in [2.45, 2.75) is 173 Å². The number of rotatable bonds is 16. The van der Waals surface area contributed by atoms with Crippen LogP contribution in [0, 0.1) is 23.7 Å².